The Kier molecular flexibility index (Phi) is 6.40. The van der Waals surface area contributed by atoms with Crippen LogP contribution >= 0.6 is 23.2 Å². The molecule has 3 heterocycles. The van der Waals surface area contributed by atoms with E-state index in [2.05, 4.69) is 19.9 Å². The number of piperazine rings is 1. The lowest BCUT2D eigenvalue weighted by Crippen LogP contribution is -2.49. The second-order valence-corrected chi connectivity index (χ2v) is 8.89. The summed E-state index contributed by atoms with van der Waals surface area (Å²) in [6.07, 6.45) is 3.53. The fraction of sp³-hybridized carbons (Fsp3) is 0.160. The lowest BCUT2D eigenvalue weighted by molar-refractivity contribution is 0.0741. The van der Waals surface area contributed by atoms with E-state index in [9.17, 15) is 13.6 Å². The molecule has 178 valence electrons. The molecule has 4 aromatic rings. The Hall–Kier alpha value is -3.49. The van der Waals surface area contributed by atoms with Crippen molar-refractivity contribution in [3.05, 3.63) is 88.2 Å². The minimum Gasteiger partial charge on any atom is -0.353 e. The van der Waals surface area contributed by atoms with Gasteiger partial charge >= 0.3 is 0 Å². The maximum Gasteiger partial charge on any atom is 0.256 e. The van der Waals surface area contributed by atoms with Crippen molar-refractivity contribution < 1.29 is 13.6 Å². The van der Waals surface area contributed by atoms with Crippen LogP contribution in [0.5, 0.6) is 0 Å². The summed E-state index contributed by atoms with van der Waals surface area (Å²) in [5, 5.41) is 0.947. The topological polar surface area (TPSA) is 65.1 Å². The Morgan fingerprint density at radius 1 is 0.914 bits per heavy atom. The number of H-pyrrole nitrogens is 1. The van der Waals surface area contributed by atoms with Crippen molar-refractivity contribution in [2.45, 2.75) is 0 Å². The minimum absolute atomic E-state index is 0.124. The first-order chi connectivity index (χ1) is 16.9. The van der Waals surface area contributed by atoms with Gasteiger partial charge in [0.15, 0.2) is 0 Å². The van der Waals surface area contributed by atoms with Gasteiger partial charge < -0.3 is 14.8 Å². The van der Waals surface area contributed by atoms with Crippen LogP contribution in [-0.2, 0) is 0 Å². The summed E-state index contributed by atoms with van der Waals surface area (Å²) in [6.45, 7) is 1.90. The van der Waals surface area contributed by atoms with Gasteiger partial charge in [-0.2, -0.15) is 0 Å². The maximum absolute atomic E-state index is 14.0. The molecule has 5 rings (SSSR count). The molecule has 0 atom stereocenters. The Bertz CT molecular complexity index is 1390. The van der Waals surface area contributed by atoms with Gasteiger partial charge in [-0.1, -0.05) is 29.3 Å². The molecule has 1 saturated heterocycles. The highest BCUT2D eigenvalue weighted by Crippen LogP contribution is 2.29. The summed E-state index contributed by atoms with van der Waals surface area (Å²) in [6, 6.07) is 12.2. The zero-order chi connectivity index (χ0) is 24.5. The lowest BCUT2D eigenvalue weighted by atomic mass is 10.1. The van der Waals surface area contributed by atoms with Crippen molar-refractivity contribution in [2.24, 2.45) is 0 Å². The molecule has 1 fully saturated rings. The molecule has 1 amide bonds. The Balaban J connectivity index is 1.23. The summed E-state index contributed by atoms with van der Waals surface area (Å²) < 4.78 is 27.1. The van der Waals surface area contributed by atoms with Crippen molar-refractivity contribution in [1.29, 1.82) is 0 Å². The van der Waals surface area contributed by atoms with E-state index >= 15 is 0 Å². The molecule has 0 unspecified atom stereocenters. The first kappa shape index (κ1) is 23.3. The molecule has 0 aliphatic carbocycles. The fourth-order valence-electron chi connectivity index (χ4n) is 3.96. The molecular formula is C25H19Cl2F2N5O. The number of nitrogens with zero attached hydrogens (tertiary/aromatic N) is 4. The third kappa shape index (κ3) is 4.85. The van der Waals surface area contributed by atoms with E-state index in [0.717, 1.165) is 34.8 Å². The normalized spacial score (nSPS) is 13.8. The van der Waals surface area contributed by atoms with Crippen LogP contribution in [-0.4, -0.2) is 51.9 Å². The number of benzene rings is 2. The minimum atomic E-state index is -0.852. The fourth-order valence-corrected chi connectivity index (χ4v) is 4.26. The third-order valence-electron chi connectivity index (χ3n) is 5.87. The monoisotopic (exact) mass is 513 g/mol. The highest BCUT2D eigenvalue weighted by molar-refractivity contribution is 6.42. The van der Waals surface area contributed by atoms with Crippen molar-refractivity contribution in [1.82, 2.24) is 19.9 Å². The van der Waals surface area contributed by atoms with Gasteiger partial charge in [-0.05, 0) is 36.4 Å². The van der Waals surface area contributed by atoms with Gasteiger partial charge in [0, 0.05) is 55.8 Å². The summed E-state index contributed by atoms with van der Waals surface area (Å²) in [7, 11) is 0. The zero-order valence-corrected chi connectivity index (χ0v) is 19.8. The van der Waals surface area contributed by atoms with Crippen LogP contribution in [0.15, 0.2) is 60.9 Å². The Labute approximate surface area is 210 Å². The number of imidazole rings is 1. The molecule has 0 saturated carbocycles. The van der Waals surface area contributed by atoms with Gasteiger partial charge in [-0.3, -0.25) is 4.79 Å². The molecule has 10 heteroatoms. The first-order valence-electron chi connectivity index (χ1n) is 10.9. The Morgan fingerprint density at radius 2 is 1.69 bits per heavy atom. The van der Waals surface area contributed by atoms with Crippen LogP contribution in [0, 0.1) is 11.6 Å². The number of aromatic nitrogens is 3. The zero-order valence-electron chi connectivity index (χ0n) is 18.3. The van der Waals surface area contributed by atoms with Gasteiger partial charge in [0.05, 0.1) is 21.3 Å². The van der Waals surface area contributed by atoms with Gasteiger partial charge in [0.2, 0.25) is 0 Å². The second-order valence-electron chi connectivity index (χ2n) is 8.07. The van der Waals surface area contributed by atoms with Gasteiger partial charge in [0.1, 0.15) is 23.3 Å². The molecule has 35 heavy (non-hydrogen) atoms. The van der Waals surface area contributed by atoms with E-state index in [4.69, 9.17) is 23.2 Å². The SMILES string of the molecule is O=C(c1ccc(F)cc1F)N1CCN(c2ccc(-c3nc(-c4ccc(Cl)c(Cl)c4)c[nH]3)cn2)CC1. The lowest BCUT2D eigenvalue weighted by Gasteiger charge is -2.35. The van der Waals surface area contributed by atoms with Crippen LogP contribution in [0.1, 0.15) is 10.4 Å². The highest BCUT2D eigenvalue weighted by atomic mass is 35.5. The van der Waals surface area contributed by atoms with Crippen molar-refractivity contribution in [3.8, 4) is 22.6 Å². The van der Waals surface area contributed by atoms with Crippen LogP contribution in [0.25, 0.3) is 22.6 Å². The van der Waals surface area contributed by atoms with Crippen molar-refractivity contribution in [3.63, 3.8) is 0 Å². The molecule has 1 aliphatic heterocycles. The van der Waals surface area contributed by atoms with Crippen molar-refractivity contribution in [2.75, 3.05) is 31.1 Å². The highest BCUT2D eigenvalue weighted by Gasteiger charge is 2.25. The number of carbonyl (C=O) groups is 1. The van der Waals surface area contributed by atoms with E-state index in [1.807, 2.05) is 18.2 Å². The number of anilines is 1. The smallest absolute Gasteiger partial charge is 0.256 e. The molecule has 2 aromatic carbocycles. The van der Waals surface area contributed by atoms with E-state index in [0.29, 0.717) is 42.0 Å². The summed E-state index contributed by atoms with van der Waals surface area (Å²) in [4.78, 5) is 28.6. The largest absolute Gasteiger partial charge is 0.353 e. The number of carbonyl (C=O) groups excluding carboxylic acids is 1. The molecule has 2 aromatic heterocycles. The number of nitrogens with one attached hydrogen (secondary N) is 1. The quantitative estimate of drug-likeness (QED) is 0.380. The number of rotatable bonds is 4. The molecule has 1 N–H and O–H groups in total. The van der Waals surface area contributed by atoms with Crippen molar-refractivity contribution >= 4 is 34.9 Å². The molecule has 6 nitrogen and oxygen atoms in total. The van der Waals surface area contributed by atoms with Crippen LogP contribution in [0.3, 0.4) is 0 Å². The van der Waals surface area contributed by atoms with Crippen LogP contribution in [0.4, 0.5) is 14.6 Å². The average molecular weight is 514 g/mol. The summed E-state index contributed by atoms with van der Waals surface area (Å²) in [5.41, 5.74) is 2.28. The predicted octanol–water partition coefficient (Wildman–Crippen LogP) is 5.69. The van der Waals surface area contributed by atoms with Gasteiger partial charge in [-0.25, -0.2) is 18.7 Å². The predicted molar refractivity (Wildman–Crippen MR) is 132 cm³/mol. The van der Waals surface area contributed by atoms with Gasteiger partial charge in [0.25, 0.3) is 5.91 Å². The van der Waals surface area contributed by atoms with E-state index in [-0.39, 0.29) is 5.56 Å². The van der Waals surface area contributed by atoms with Crippen LogP contribution in [0.2, 0.25) is 10.0 Å². The maximum atomic E-state index is 14.0. The van der Waals surface area contributed by atoms with E-state index in [1.54, 1.807) is 29.4 Å². The number of hydrogen-bond donors (Lipinski definition) is 1. The molecule has 0 bridgehead atoms. The molecular weight excluding hydrogens is 495 g/mol. The standard InChI is InChI=1S/C25H19Cl2F2N5O/c26-19-5-1-15(11-20(19)27)22-14-31-24(32-22)16-2-6-23(30-13-16)33-7-9-34(10-8-33)25(35)18-4-3-17(28)12-21(18)29/h1-6,11-14H,7-10H2,(H,31,32). The Morgan fingerprint density at radius 3 is 2.37 bits per heavy atom. The number of aromatic amines is 1. The summed E-state index contributed by atoms with van der Waals surface area (Å²) in [5.74, 6) is -0.568. The third-order valence-corrected chi connectivity index (χ3v) is 6.61. The van der Waals surface area contributed by atoms with E-state index < -0.39 is 17.5 Å². The molecule has 0 radical (unpaired) electrons. The molecule has 1 aliphatic rings. The second kappa shape index (κ2) is 9.64. The van der Waals surface area contributed by atoms with E-state index in [1.165, 1.54) is 6.07 Å². The van der Waals surface area contributed by atoms with Gasteiger partial charge in [-0.15, -0.1) is 0 Å². The number of amides is 1. The average Bonchev–Trinajstić information content (AvgIpc) is 3.36. The van der Waals surface area contributed by atoms with Crippen LogP contribution < -0.4 is 4.90 Å². The number of pyridine rings is 1. The number of hydrogen-bond acceptors (Lipinski definition) is 4. The number of halogens is 4. The first-order valence-corrected chi connectivity index (χ1v) is 11.6. The summed E-state index contributed by atoms with van der Waals surface area (Å²) >= 11 is 12.1. The molecule has 0 spiro atoms.